The van der Waals surface area contributed by atoms with Crippen molar-refractivity contribution in [2.75, 3.05) is 0 Å². The second kappa shape index (κ2) is 13.0. The van der Waals surface area contributed by atoms with Gasteiger partial charge in [-0.15, -0.1) is 0 Å². The average Bonchev–Trinajstić information content (AvgIpc) is 3.80. The van der Waals surface area contributed by atoms with E-state index in [1.165, 1.54) is 10.8 Å². The molecule has 56 heavy (non-hydrogen) atoms. The van der Waals surface area contributed by atoms with E-state index in [0.29, 0.717) is 17.6 Å². The number of hydrogen-bond acceptors (Lipinski definition) is 3. The molecule has 0 aliphatic heterocycles. The van der Waals surface area contributed by atoms with Crippen molar-refractivity contribution in [2.45, 2.75) is 0 Å². The maximum absolute atomic E-state index is 5.39. The Hall–Kier alpha value is -7.63. The predicted molar refractivity (Wildman–Crippen MR) is 230 cm³/mol. The van der Waals surface area contributed by atoms with Crippen LogP contribution in [0.5, 0.6) is 0 Å². The van der Waals surface area contributed by atoms with Crippen molar-refractivity contribution in [3.05, 3.63) is 200 Å². The molecule has 3 aromatic heterocycles. The summed E-state index contributed by atoms with van der Waals surface area (Å²) in [5, 5.41) is 4.71. The van der Waals surface area contributed by atoms with E-state index in [1.807, 2.05) is 18.2 Å². The topological polar surface area (TPSA) is 48.5 Å². The van der Waals surface area contributed by atoms with Crippen molar-refractivity contribution in [1.82, 2.24) is 24.1 Å². The minimum absolute atomic E-state index is 0.564. The lowest BCUT2D eigenvalue weighted by molar-refractivity contribution is 0.953. The molecule has 0 N–H and O–H groups in total. The highest BCUT2D eigenvalue weighted by Gasteiger charge is 2.22. The van der Waals surface area contributed by atoms with E-state index >= 15 is 0 Å². The van der Waals surface area contributed by atoms with Crippen LogP contribution in [0.3, 0.4) is 0 Å². The number of hydrogen-bond donors (Lipinski definition) is 0. The smallest absolute Gasteiger partial charge is 0.238 e. The summed E-state index contributed by atoms with van der Waals surface area (Å²) in [4.78, 5) is 15.9. The average molecular weight is 716 g/mol. The lowest BCUT2D eigenvalue weighted by Gasteiger charge is -2.17. The van der Waals surface area contributed by atoms with Crippen molar-refractivity contribution >= 4 is 43.6 Å². The highest BCUT2D eigenvalue weighted by atomic mass is 15.2. The summed E-state index contributed by atoms with van der Waals surface area (Å²) in [6.07, 6.45) is 0. The first-order valence-electron chi connectivity index (χ1n) is 18.9. The fourth-order valence-electron chi connectivity index (χ4n) is 8.29. The Morgan fingerprint density at radius 1 is 0.304 bits per heavy atom. The molecule has 0 aliphatic rings. The Bertz CT molecular complexity index is 3180. The molecule has 0 fully saturated rings. The first-order chi connectivity index (χ1) is 27.8. The third-order valence-corrected chi connectivity index (χ3v) is 10.8. The monoisotopic (exact) mass is 715 g/mol. The molecule has 3 heterocycles. The first-order valence-corrected chi connectivity index (χ1v) is 18.9. The molecule has 0 bridgehead atoms. The van der Waals surface area contributed by atoms with Crippen molar-refractivity contribution in [3.8, 4) is 56.7 Å². The minimum atomic E-state index is 0.564. The van der Waals surface area contributed by atoms with Crippen molar-refractivity contribution in [3.63, 3.8) is 0 Å². The van der Waals surface area contributed by atoms with Crippen LogP contribution in [0.15, 0.2) is 200 Å². The van der Waals surface area contributed by atoms with Crippen LogP contribution in [-0.2, 0) is 0 Å². The summed E-state index contributed by atoms with van der Waals surface area (Å²) in [5.41, 5.74) is 11.7. The molecule has 0 saturated carbocycles. The number of rotatable bonds is 6. The Morgan fingerprint density at radius 2 is 0.768 bits per heavy atom. The highest BCUT2D eigenvalue weighted by Crippen LogP contribution is 2.40. The van der Waals surface area contributed by atoms with Crippen molar-refractivity contribution in [2.24, 2.45) is 0 Å². The number of aromatic nitrogens is 5. The summed E-state index contributed by atoms with van der Waals surface area (Å²) in [6.45, 7) is 0. The zero-order valence-electron chi connectivity index (χ0n) is 30.3. The molecule has 0 spiro atoms. The Morgan fingerprint density at radius 3 is 1.38 bits per heavy atom. The van der Waals surface area contributed by atoms with Crippen LogP contribution in [0.25, 0.3) is 100 Å². The zero-order chi connectivity index (χ0) is 37.0. The van der Waals surface area contributed by atoms with E-state index in [2.05, 4.69) is 191 Å². The maximum atomic E-state index is 5.39. The SMILES string of the molecule is c1ccc(-c2nc(-c3ccc(-c4ccccc4)c(-n4c5ccccc5c5ccccc54)c3)nc(-n3c4ccccc4c4cccc(-c5ccccc5)c43)n2)cc1. The predicted octanol–water partition coefficient (Wildman–Crippen LogP) is 12.7. The summed E-state index contributed by atoms with van der Waals surface area (Å²) in [6, 6.07) is 70.3. The Kier molecular flexibility index (Phi) is 7.42. The van der Waals surface area contributed by atoms with Crippen LogP contribution in [-0.4, -0.2) is 24.1 Å². The molecule has 262 valence electrons. The standard InChI is InChI=1S/C51H33N5/c1-4-17-34(18-5-1)38-32-31-37(33-47(38)55-44-28-13-10-23-40(44)41-24-11-14-29-45(41)55)50-52-49(36-21-8-3-9-22-36)53-51(54-50)56-46-30-15-12-25-42(46)43-27-16-26-39(48(43)56)35-19-6-2-7-20-35/h1-33H. The lowest BCUT2D eigenvalue weighted by Crippen LogP contribution is -2.07. The molecule has 11 aromatic rings. The van der Waals surface area contributed by atoms with Gasteiger partial charge in [0.1, 0.15) is 0 Å². The Balaban J connectivity index is 1.22. The molecule has 0 atom stereocenters. The van der Waals surface area contributed by atoms with Crippen LogP contribution in [0.2, 0.25) is 0 Å². The van der Waals surface area contributed by atoms with E-state index in [9.17, 15) is 0 Å². The molecule has 0 radical (unpaired) electrons. The van der Waals surface area contributed by atoms with E-state index in [1.54, 1.807) is 0 Å². The van der Waals surface area contributed by atoms with Gasteiger partial charge in [0.15, 0.2) is 11.6 Å². The van der Waals surface area contributed by atoms with Crippen LogP contribution in [0.4, 0.5) is 0 Å². The van der Waals surface area contributed by atoms with E-state index in [4.69, 9.17) is 15.0 Å². The highest BCUT2D eigenvalue weighted by molar-refractivity contribution is 6.14. The first kappa shape index (κ1) is 31.9. The third-order valence-electron chi connectivity index (χ3n) is 10.8. The summed E-state index contributed by atoms with van der Waals surface area (Å²) in [7, 11) is 0. The van der Waals surface area contributed by atoms with Crippen LogP contribution in [0.1, 0.15) is 0 Å². The summed E-state index contributed by atoms with van der Waals surface area (Å²) < 4.78 is 4.60. The van der Waals surface area contributed by atoms with Gasteiger partial charge in [0.05, 0.1) is 27.8 Å². The molecule has 0 saturated heterocycles. The number of para-hydroxylation sites is 4. The molecular formula is C51H33N5. The van der Waals surface area contributed by atoms with Gasteiger partial charge in [-0.2, -0.15) is 9.97 Å². The fraction of sp³-hybridized carbons (Fsp3) is 0. The molecule has 11 rings (SSSR count). The fourth-order valence-corrected chi connectivity index (χ4v) is 8.29. The Labute approximate surface area is 323 Å². The summed E-state index contributed by atoms with van der Waals surface area (Å²) in [5.74, 6) is 1.77. The quantitative estimate of drug-likeness (QED) is 0.172. The lowest BCUT2D eigenvalue weighted by atomic mass is 10.0. The van der Waals surface area contributed by atoms with Gasteiger partial charge in [0.2, 0.25) is 5.95 Å². The van der Waals surface area contributed by atoms with Crippen molar-refractivity contribution in [1.29, 1.82) is 0 Å². The van der Waals surface area contributed by atoms with Crippen LogP contribution in [0, 0.1) is 0 Å². The van der Waals surface area contributed by atoms with Gasteiger partial charge in [0.25, 0.3) is 0 Å². The molecule has 5 nitrogen and oxygen atoms in total. The second-order valence-corrected chi connectivity index (χ2v) is 14.0. The normalized spacial score (nSPS) is 11.6. The van der Waals surface area contributed by atoms with Crippen molar-refractivity contribution < 1.29 is 0 Å². The maximum Gasteiger partial charge on any atom is 0.238 e. The number of nitrogens with zero attached hydrogens (tertiary/aromatic N) is 5. The zero-order valence-corrected chi connectivity index (χ0v) is 30.3. The van der Waals surface area contributed by atoms with E-state index in [0.717, 1.165) is 71.9 Å². The van der Waals surface area contributed by atoms with Gasteiger partial charge < -0.3 is 4.57 Å². The van der Waals surface area contributed by atoms with Gasteiger partial charge in [-0.25, -0.2) is 4.98 Å². The molecule has 5 heteroatoms. The van der Waals surface area contributed by atoms with E-state index in [-0.39, 0.29) is 0 Å². The van der Waals surface area contributed by atoms with Gasteiger partial charge in [-0.05, 0) is 35.4 Å². The van der Waals surface area contributed by atoms with Crippen LogP contribution < -0.4 is 0 Å². The van der Waals surface area contributed by atoms with Gasteiger partial charge in [-0.3, -0.25) is 4.57 Å². The van der Waals surface area contributed by atoms with E-state index < -0.39 is 0 Å². The van der Waals surface area contributed by atoms with Crippen LogP contribution >= 0.6 is 0 Å². The molecular weight excluding hydrogens is 683 g/mol. The molecule has 0 unspecified atom stereocenters. The largest absolute Gasteiger partial charge is 0.309 e. The second-order valence-electron chi connectivity index (χ2n) is 14.0. The minimum Gasteiger partial charge on any atom is -0.309 e. The van der Waals surface area contributed by atoms with Gasteiger partial charge >= 0.3 is 0 Å². The number of fused-ring (bicyclic) bond motifs is 6. The number of benzene rings is 8. The van der Waals surface area contributed by atoms with Gasteiger partial charge in [0, 0.05) is 43.8 Å². The third kappa shape index (κ3) is 5.13. The summed E-state index contributed by atoms with van der Waals surface area (Å²) >= 11 is 0. The molecule has 0 aliphatic carbocycles. The van der Waals surface area contributed by atoms with Gasteiger partial charge in [-0.1, -0.05) is 176 Å². The molecule has 0 amide bonds. The molecule has 8 aromatic carbocycles.